The molecule has 0 spiro atoms. The van der Waals surface area contributed by atoms with Crippen LogP contribution in [0.5, 0.6) is 5.75 Å². The molecule has 3 aromatic carbocycles. The zero-order chi connectivity index (χ0) is 21.8. The molecule has 0 radical (unpaired) electrons. The van der Waals surface area contributed by atoms with E-state index in [0.717, 1.165) is 40.2 Å². The number of nitrogens with zero attached hydrogens (tertiary/aromatic N) is 2. The van der Waals surface area contributed by atoms with Gasteiger partial charge in [-0.25, -0.2) is 0 Å². The summed E-state index contributed by atoms with van der Waals surface area (Å²) in [5, 5.41) is 10.4. The van der Waals surface area contributed by atoms with E-state index in [-0.39, 0.29) is 26.8 Å². The van der Waals surface area contributed by atoms with E-state index < -0.39 is 0 Å². The molecule has 0 unspecified atom stereocenters. The van der Waals surface area contributed by atoms with E-state index in [1.54, 1.807) is 12.3 Å². The van der Waals surface area contributed by atoms with Crippen LogP contribution in [0, 0.1) is 6.07 Å². The number of hydrogen-bond donors (Lipinski definition) is 1. The van der Waals surface area contributed by atoms with E-state index in [0.29, 0.717) is 5.56 Å². The van der Waals surface area contributed by atoms with Gasteiger partial charge in [0, 0.05) is 44.2 Å². The number of phenolic OH excluding ortho intramolecular Hbond substituents is 1. The van der Waals surface area contributed by atoms with Gasteiger partial charge in [-0.3, -0.25) is 9.97 Å². The van der Waals surface area contributed by atoms with Gasteiger partial charge in [0.2, 0.25) is 0 Å². The van der Waals surface area contributed by atoms with Crippen LogP contribution in [0.25, 0.3) is 33.8 Å². The molecule has 0 saturated heterocycles. The first-order valence-electron chi connectivity index (χ1n) is 10.5. The molecule has 0 amide bonds. The number of para-hydroxylation sites is 1. The molecule has 0 saturated carbocycles. The number of benzene rings is 3. The summed E-state index contributed by atoms with van der Waals surface area (Å²) in [4.78, 5) is 9.35. The molecule has 0 atom stereocenters. The van der Waals surface area contributed by atoms with E-state index in [4.69, 9.17) is 4.98 Å². The van der Waals surface area contributed by atoms with Gasteiger partial charge in [0.05, 0.1) is 5.69 Å². The van der Waals surface area contributed by atoms with E-state index >= 15 is 0 Å². The Morgan fingerprint density at radius 2 is 1.33 bits per heavy atom. The molecule has 2 heterocycles. The number of pyridine rings is 2. The standard InChI is InChI=1S/C29H21N2O.Pt/c32-29-15-5-4-13-25(29)28-19-22(17-21-9-2-1-3-10-21)18-27(31-28)24-12-8-11-23(20-24)26-14-6-7-16-30-26;/h1-16,18-19,32H,17H2;/q-1;. The van der Waals surface area contributed by atoms with Gasteiger partial charge in [-0.1, -0.05) is 71.8 Å². The number of aromatic nitrogens is 2. The summed E-state index contributed by atoms with van der Waals surface area (Å²) in [5.41, 5.74) is 7.29. The molecule has 5 rings (SSSR count). The maximum Gasteiger partial charge on any atom is 0.124 e. The summed E-state index contributed by atoms with van der Waals surface area (Å²) in [5.74, 6) is 0.217. The Balaban J connectivity index is 0.00000259. The third-order valence-corrected chi connectivity index (χ3v) is 5.33. The van der Waals surface area contributed by atoms with Gasteiger partial charge in [-0.2, -0.15) is 0 Å². The van der Waals surface area contributed by atoms with Crippen LogP contribution < -0.4 is 0 Å². The predicted octanol–water partition coefficient (Wildman–Crippen LogP) is 6.57. The normalized spacial score (nSPS) is 10.4. The third kappa shape index (κ3) is 5.27. The molecule has 0 fully saturated rings. The van der Waals surface area contributed by atoms with Crippen LogP contribution in [-0.2, 0) is 27.5 Å². The number of aromatic hydroxyl groups is 1. The van der Waals surface area contributed by atoms with Gasteiger partial charge < -0.3 is 5.11 Å². The molecule has 0 aliphatic rings. The van der Waals surface area contributed by atoms with Crippen LogP contribution in [0.2, 0.25) is 0 Å². The molecule has 2 aromatic heterocycles. The molecular weight excluding hydrogens is 587 g/mol. The van der Waals surface area contributed by atoms with Gasteiger partial charge >= 0.3 is 0 Å². The predicted molar refractivity (Wildman–Crippen MR) is 128 cm³/mol. The Hall–Kier alpha value is -3.55. The summed E-state index contributed by atoms with van der Waals surface area (Å²) in [6.45, 7) is 0. The van der Waals surface area contributed by atoms with Crippen LogP contribution >= 0.6 is 0 Å². The fraction of sp³-hybridized carbons (Fsp3) is 0.0345. The maximum atomic E-state index is 10.4. The van der Waals surface area contributed by atoms with Crippen molar-refractivity contribution < 1.29 is 26.2 Å². The van der Waals surface area contributed by atoms with E-state index in [1.165, 1.54) is 5.56 Å². The second-order valence-corrected chi connectivity index (χ2v) is 7.62. The summed E-state index contributed by atoms with van der Waals surface area (Å²) >= 11 is 0. The van der Waals surface area contributed by atoms with Crippen molar-refractivity contribution in [3.8, 4) is 39.5 Å². The topological polar surface area (TPSA) is 46.0 Å². The SMILES string of the molecule is Oc1ccccc1-c1cc(Cc2ccccc2)cc(-c2[c-]c(-c3ccccn3)ccc2)n1.[Pt]. The van der Waals surface area contributed by atoms with Gasteiger partial charge in [-0.15, -0.1) is 24.3 Å². The van der Waals surface area contributed by atoms with Crippen LogP contribution in [0.1, 0.15) is 11.1 Å². The first kappa shape index (κ1) is 22.6. The van der Waals surface area contributed by atoms with Gasteiger partial charge in [0.25, 0.3) is 0 Å². The summed E-state index contributed by atoms with van der Waals surface area (Å²) in [7, 11) is 0. The Labute approximate surface area is 208 Å². The molecule has 33 heavy (non-hydrogen) atoms. The molecular formula is C29H21N2OPt-. The van der Waals surface area contributed by atoms with Crippen molar-refractivity contribution in [1.82, 2.24) is 9.97 Å². The number of phenols is 1. The van der Waals surface area contributed by atoms with E-state index in [2.05, 4.69) is 29.2 Å². The average Bonchev–Trinajstić information content (AvgIpc) is 2.85. The van der Waals surface area contributed by atoms with Crippen molar-refractivity contribution in [2.45, 2.75) is 6.42 Å². The minimum absolute atomic E-state index is 0. The van der Waals surface area contributed by atoms with Crippen molar-refractivity contribution in [2.75, 3.05) is 0 Å². The zero-order valence-corrected chi connectivity index (χ0v) is 20.0. The first-order valence-corrected chi connectivity index (χ1v) is 10.5. The van der Waals surface area contributed by atoms with E-state index in [1.807, 2.05) is 78.9 Å². The van der Waals surface area contributed by atoms with Crippen LogP contribution in [0.4, 0.5) is 0 Å². The summed E-state index contributed by atoms with van der Waals surface area (Å²) in [6, 6.07) is 37.1. The molecule has 0 aliphatic heterocycles. The average molecular weight is 609 g/mol. The minimum atomic E-state index is 0. The minimum Gasteiger partial charge on any atom is -0.507 e. The molecule has 3 nitrogen and oxygen atoms in total. The molecule has 1 N–H and O–H groups in total. The van der Waals surface area contributed by atoms with Crippen LogP contribution in [0.3, 0.4) is 0 Å². The first-order chi connectivity index (χ1) is 15.8. The fourth-order valence-corrected chi connectivity index (χ4v) is 3.78. The van der Waals surface area contributed by atoms with Gasteiger partial charge in [0.15, 0.2) is 0 Å². The Bertz CT molecular complexity index is 1350. The third-order valence-electron chi connectivity index (χ3n) is 5.33. The molecule has 164 valence electrons. The smallest absolute Gasteiger partial charge is 0.124 e. The monoisotopic (exact) mass is 608 g/mol. The second-order valence-electron chi connectivity index (χ2n) is 7.62. The van der Waals surface area contributed by atoms with Gasteiger partial charge in [-0.05, 0) is 41.8 Å². The Morgan fingerprint density at radius 1 is 0.636 bits per heavy atom. The quantitative estimate of drug-likeness (QED) is 0.230. The van der Waals surface area contributed by atoms with Crippen molar-refractivity contribution in [3.63, 3.8) is 0 Å². The second kappa shape index (κ2) is 10.4. The van der Waals surface area contributed by atoms with E-state index in [9.17, 15) is 5.11 Å². The van der Waals surface area contributed by atoms with Crippen LogP contribution in [0.15, 0.2) is 109 Å². The molecule has 4 heteroatoms. The van der Waals surface area contributed by atoms with Crippen LogP contribution in [-0.4, -0.2) is 15.1 Å². The Kier molecular flexibility index (Phi) is 7.12. The maximum absolute atomic E-state index is 10.4. The summed E-state index contributed by atoms with van der Waals surface area (Å²) < 4.78 is 0. The zero-order valence-electron chi connectivity index (χ0n) is 17.8. The molecule has 0 aliphatic carbocycles. The number of hydrogen-bond acceptors (Lipinski definition) is 3. The van der Waals surface area contributed by atoms with Crippen molar-refractivity contribution in [2.24, 2.45) is 0 Å². The summed E-state index contributed by atoms with van der Waals surface area (Å²) in [6.07, 6.45) is 2.56. The number of rotatable bonds is 5. The van der Waals surface area contributed by atoms with Gasteiger partial charge in [0.1, 0.15) is 5.75 Å². The fourth-order valence-electron chi connectivity index (χ4n) is 3.78. The van der Waals surface area contributed by atoms with Crippen molar-refractivity contribution in [1.29, 1.82) is 0 Å². The molecule has 0 bridgehead atoms. The largest absolute Gasteiger partial charge is 0.507 e. The van der Waals surface area contributed by atoms with Crippen molar-refractivity contribution >= 4 is 0 Å². The Morgan fingerprint density at radius 3 is 2.09 bits per heavy atom. The molecule has 5 aromatic rings. The van der Waals surface area contributed by atoms with Crippen molar-refractivity contribution in [3.05, 3.63) is 127 Å².